The summed E-state index contributed by atoms with van der Waals surface area (Å²) in [5.41, 5.74) is 0. The van der Waals surface area contributed by atoms with Crippen molar-refractivity contribution in [2.45, 2.75) is 44.9 Å². The lowest BCUT2D eigenvalue weighted by Crippen LogP contribution is -1.76. The number of halogens is 1. The molecule has 0 fully saturated rings. The Balaban J connectivity index is 2.94. The van der Waals surface area contributed by atoms with Crippen molar-refractivity contribution in [3.8, 4) is 0 Å². The van der Waals surface area contributed by atoms with Crippen LogP contribution in [0.3, 0.4) is 0 Å². The molecule has 0 heterocycles. The van der Waals surface area contributed by atoms with Gasteiger partial charge >= 0.3 is 0 Å². The van der Waals surface area contributed by atoms with Crippen LogP contribution in [-0.4, -0.2) is 5.88 Å². The number of hydrogen-bond acceptors (Lipinski definition) is 0. The zero-order valence-electron chi connectivity index (χ0n) is 8.47. The molecule has 0 saturated carbocycles. The topological polar surface area (TPSA) is 0 Å². The summed E-state index contributed by atoms with van der Waals surface area (Å²) in [4.78, 5) is 0. The van der Waals surface area contributed by atoms with Crippen LogP contribution in [-0.2, 0) is 0 Å². The number of hydrogen-bond donors (Lipinski definition) is 0. The van der Waals surface area contributed by atoms with Gasteiger partial charge in [0.15, 0.2) is 0 Å². The number of allylic oxidation sites excluding steroid dienone is 3. The number of rotatable bonds is 9. The highest BCUT2D eigenvalue weighted by Crippen LogP contribution is 2.06. The van der Waals surface area contributed by atoms with Gasteiger partial charge in [0.25, 0.3) is 0 Å². The second kappa shape index (κ2) is 11.8. The van der Waals surface area contributed by atoms with Crippen LogP contribution in [0.5, 0.6) is 0 Å². The molecule has 0 aliphatic rings. The molecule has 0 rings (SSSR count). The SMILES string of the molecule is C=CCCCCCC/C=C\CCCl. The van der Waals surface area contributed by atoms with Gasteiger partial charge < -0.3 is 0 Å². The Hall–Kier alpha value is -0.230. The fourth-order valence-corrected chi connectivity index (χ4v) is 1.33. The monoisotopic (exact) mass is 200 g/mol. The molecule has 0 aromatic rings. The highest BCUT2D eigenvalue weighted by atomic mass is 35.5. The molecule has 0 saturated heterocycles. The summed E-state index contributed by atoms with van der Waals surface area (Å²) in [7, 11) is 0. The lowest BCUT2D eigenvalue weighted by molar-refractivity contribution is 0.652. The van der Waals surface area contributed by atoms with E-state index >= 15 is 0 Å². The molecule has 0 radical (unpaired) electrons. The molecule has 0 spiro atoms. The Morgan fingerprint density at radius 2 is 1.46 bits per heavy atom. The first kappa shape index (κ1) is 12.8. The largest absolute Gasteiger partial charge is 0.126 e. The fourth-order valence-electron chi connectivity index (χ4n) is 1.20. The smallest absolute Gasteiger partial charge is 0.0257 e. The first-order valence-electron chi connectivity index (χ1n) is 5.23. The van der Waals surface area contributed by atoms with Gasteiger partial charge in [-0.1, -0.05) is 31.1 Å². The lowest BCUT2D eigenvalue weighted by Gasteiger charge is -1.96. The maximum absolute atomic E-state index is 5.54. The number of alkyl halides is 1. The molecule has 1 heteroatoms. The van der Waals surface area contributed by atoms with Crippen LogP contribution in [0, 0.1) is 0 Å². The van der Waals surface area contributed by atoms with Gasteiger partial charge in [-0.3, -0.25) is 0 Å². The summed E-state index contributed by atoms with van der Waals surface area (Å²) >= 11 is 5.54. The zero-order chi connectivity index (χ0) is 9.78. The second-order valence-electron chi connectivity index (χ2n) is 3.23. The third-order valence-electron chi connectivity index (χ3n) is 1.97. The molecule has 0 atom stereocenters. The molecule has 0 aliphatic heterocycles. The molecule has 0 aromatic carbocycles. The predicted octanol–water partition coefficient (Wildman–Crippen LogP) is 4.70. The lowest BCUT2D eigenvalue weighted by atomic mass is 10.1. The maximum Gasteiger partial charge on any atom is 0.0257 e. The van der Waals surface area contributed by atoms with Crippen molar-refractivity contribution >= 4 is 11.6 Å². The van der Waals surface area contributed by atoms with E-state index in [4.69, 9.17) is 11.6 Å². The van der Waals surface area contributed by atoms with Gasteiger partial charge in [0.05, 0.1) is 0 Å². The quantitative estimate of drug-likeness (QED) is 0.288. The summed E-state index contributed by atoms with van der Waals surface area (Å²) in [6, 6.07) is 0. The summed E-state index contributed by atoms with van der Waals surface area (Å²) in [6.07, 6.45) is 15.1. The molecule has 0 amide bonds. The van der Waals surface area contributed by atoms with Crippen LogP contribution in [0.2, 0.25) is 0 Å². The van der Waals surface area contributed by atoms with Crippen LogP contribution in [0.25, 0.3) is 0 Å². The summed E-state index contributed by atoms with van der Waals surface area (Å²) in [5.74, 6) is 0.746. The van der Waals surface area contributed by atoms with Gasteiger partial charge in [-0.2, -0.15) is 0 Å². The van der Waals surface area contributed by atoms with E-state index in [2.05, 4.69) is 18.7 Å². The van der Waals surface area contributed by atoms with Gasteiger partial charge in [0.1, 0.15) is 0 Å². The Bertz CT molecular complexity index is 127. The van der Waals surface area contributed by atoms with E-state index in [1.54, 1.807) is 0 Å². The van der Waals surface area contributed by atoms with Gasteiger partial charge in [-0.15, -0.1) is 18.2 Å². The first-order valence-corrected chi connectivity index (χ1v) is 5.77. The highest BCUT2D eigenvalue weighted by Gasteiger charge is 1.86. The van der Waals surface area contributed by atoms with E-state index in [1.165, 1.54) is 38.5 Å². The van der Waals surface area contributed by atoms with Crippen molar-refractivity contribution in [1.29, 1.82) is 0 Å². The van der Waals surface area contributed by atoms with Crippen molar-refractivity contribution in [1.82, 2.24) is 0 Å². The standard InChI is InChI=1S/C12H21Cl/c1-2-3-4-5-6-7-8-9-10-11-12-13/h2,9-10H,1,3-8,11-12H2/b10-9-. The Morgan fingerprint density at radius 3 is 2.08 bits per heavy atom. The summed E-state index contributed by atoms with van der Waals surface area (Å²) < 4.78 is 0. The molecule has 0 N–H and O–H groups in total. The summed E-state index contributed by atoms with van der Waals surface area (Å²) in [5, 5.41) is 0. The first-order chi connectivity index (χ1) is 6.41. The van der Waals surface area contributed by atoms with Crippen molar-refractivity contribution in [2.24, 2.45) is 0 Å². The zero-order valence-corrected chi connectivity index (χ0v) is 9.23. The maximum atomic E-state index is 5.54. The summed E-state index contributed by atoms with van der Waals surface area (Å²) in [6.45, 7) is 3.70. The third-order valence-corrected chi connectivity index (χ3v) is 2.19. The minimum atomic E-state index is 0.746. The van der Waals surface area contributed by atoms with Crippen LogP contribution in [0.1, 0.15) is 44.9 Å². The molecule has 0 unspecified atom stereocenters. The molecule has 0 aliphatic carbocycles. The van der Waals surface area contributed by atoms with Gasteiger partial charge in [-0.05, 0) is 32.1 Å². The van der Waals surface area contributed by atoms with Crippen LogP contribution in [0.15, 0.2) is 24.8 Å². The van der Waals surface area contributed by atoms with Crippen molar-refractivity contribution in [3.63, 3.8) is 0 Å². The fraction of sp³-hybridized carbons (Fsp3) is 0.667. The molecule has 0 aromatic heterocycles. The Labute approximate surface area is 87.7 Å². The number of unbranched alkanes of at least 4 members (excludes halogenated alkanes) is 5. The van der Waals surface area contributed by atoms with Gasteiger partial charge in [0, 0.05) is 5.88 Å². The van der Waals surface area contributed by atoms with Gasteiger partial charge in [0.2, 0.25) is 0 Å². The van der Waals surface area contributed by atoms with Gasteiger partial charge in [-0.25, -0.2) is 0 Å². The molecular weight excluding hydrogens is 180 g/mol. The van der Waals surface area contributed by atoms with Crippen molar-refractivity contribution in [2.75, 3.05) is 5.88 Å². The van der Waals surface area contributed by atoms with E-state index in [-0.39, 0.29) is 0 Å². The van der Waals surface area contributed by atoms with E-state index < -0.39 is 0 Å². The van der Waals surface area contributed by atoms with E-state index in [9.17, 15) is 0 Å². The molecule has 0 bridgehead atoms. The van der Waals surface area contributed by atoms with Crippen LogP contribution < -0.4 is 0 Å². The Morgan fingerprint density at radius 1 is 0.846 bits per heavy atom. The normalized spacial score (nSPS) is 10.8. The van der Waals surface area contributed by atoms with E-state index in [0.29, 0.717) is 0 Å². The predicted molar refractivity (Wildman–Crippen MR) is 62.4 cm³/mol. The molecule has 76 valence electrons. The minimum Gasteiger partial charge on any atom is -0.126 e. The molecule has 0 nitrogen and oxygen atoms in total. The average molecular weight is 201 g/mol. The third kappa shape index (κ3) is 11.8. The molecule has 13 heavy (non-hydrogen) atoms. The van der Waals surface area contributed by atoms with Crippen molar-refractivity contribution in [3.05, 3.63) is 24.8 Å². The molecular formula is C12H21Cl. The second-order valence-corrected chi connectivity index (χ2v) is 3.61. The minimum absolute atomic E-state index is 0.746. The van der Waals surface area contributed by atoms with Crippen LogP contribution >= 0.6 is 11.6 Å². The average Bonchev–Trinajstić information content (AvgIpc) is 2.16. The highest BCUT2D eigenvalue weighted by molar-refractivity contribution is 6.17. The van der Waals surface area contributed by atoms with Crippen LogP contribution in [0.4, 0.5) is 0 Å². The van der Waals surface area contributed by atoms with E-state index in [1.807, 2.05) is 6.08 Å². The van der Waals surface area contributed by atoms with Crippen molar-refractivity contribution < 1.29 is 0 Å². The Kier molecular flexibility index (Phi) is 11.6. The van der Waals surface area contributed by atoms with E-state index in [0.717, 1.165) is 12.3 Å².